The smallest absolute Gasteiger partial charge is 0.242 e. The van der Waals surface area contributed by atoms with Gasteiger partial charge in [0.15, 0.2) is 5.82 Å². The molecule has 0 spiro atoms. The number of anilines is 2. The van der Waals surface area contributed by atoms with Crippen LogP contribution >= 0.6 is 0 Å². The van der Waals surface area contributed by atoms with E-state index in [0.29, 0.717) is 30.6 Å². The van der Waals surface area contributed by atoms with Gasteiger partial charge in [-0.2, -0.15) is 4.98 Å². The standard InChI is InChI=1S/C12H22N4O2/c1-5-16(9(3)7-17-4)11-10(13)12(18-6-2)15-8-14-11/h8-9H,5-7,13H2,1-4H3. The first-order valence-corrected chi connectivity index (χ1v) is 6.14. The summed E-state index contributed by atoms with van der Waals surface area (Å²) >= 11 is 0. The van der Waals surface area contributed by atoms with Crippen molar-refractivity contribution in [2.45, 2.75) is 26.8 Å². The number of nitrogens with zero attached hydrogens (tertiary/aromatic N) is 3. The Morgan fingerprint density at radius 2 is 2.11 bits per heavy atom. The van der Waals surface area contributed by atoms with Crippen molar-refractivity contribution in [3.63, 3.8) is 0 Å². The van der Waals surface area contributed by atoms with Crippen molar-refractivity contribution in [2.24, 2.45) is 0 Å². The second-order valence-corrected chi connectivity index (χ2v) is 3.94. The van der Waals surface area contributed by atoms with Gasteiger partial charge in [-0.25, -0.2) is 4.98 Å². The lowest BCUT2D eigenvalue weighted by molar-refractivity contribution is 0.181. The molecule has 102 valence electrons. The maximum Gasteiger partial charge on any atom is 0.242 e. The van der Waals surface area contributed by atoms with E-state index < -0.39 is 0 Å². The Kier molecular flexibility index (Phi) is 5.64. The molecule has 1 unspecified atom stereocenters. The van der Waals surface area contributed by atoms with E-state index in [2.05, 4.69) is 21.8 Å². The van der Waals surface area contributed by atoms with Crippen molar-refractivity contribution < 1.29 is 9.47 Å². The highest BCUT2D eigenvalue weighted by atomic mass is 16.5. The molecule has 0 fully saturated rings. The van der Waals surface area contributed by atoms with Crippen LogP contribution in [0.3, 0.4) is 0 Å². The van der Waals surface area contributed by atoms with Gasteiger partial charge in [-0.3, -0.25) is 0 Å². The fourth-order valence-electron chi connectivity index (χ4n) is 1.85. The number of hydrogen-bond donors (Lipinski definition) is 1. The number of nitrogen functional groups attached to an aromatic ring is 1. The topological polar surface area (TPSA) is 73.5 Å². The van der Waals surface area contributed by atoms with E-state index in [0.717, 1.165) is 6.54 Å². The van der Waals surface area contributed by atoms with Gasteiger partial charge in [0.1, 0.15) is 12.0 Å². The molecule has 0 saturated carbocycles. The summed E-state index contributed by atoms with van der Waals surface area (Å²) in [6.45, 7) is 7.94. The summed E-state index contributed by atoms with van der Waals surface area (Å²) in [4.78, 5) is 10.4. The zero-order valence-corrected chi connectivity index (χ0v) is 11.5. The third-order valence-corrected chi connectivity index (χ3v) is 2.66. The molecule has 0 amide bonds. The third kappa shape index (κ3) is 3.22. The zero-order valence-electron chi connectivity index (χ0n) is 11.5. The van der Waals surface area contributed by atoms with E-state index in [9.17, 15) is 0 Å². The molecule has 1 aromatic rings. The van der Waals surface area contributed by atoms with E-state index in [1.807, 2.05) is 13.8 Å². The maximum absolute atomic E-state index is 6.05. The lowest BCUT2D eigenvalue weighted by atomic mass is 10.2. The second-order valence-electron chi connectivity index (χ2n) is 3.94. The first-order chi connectivity index (χ1) is 8.65. The molecule has 0 aromatic carbocycles. The Morgan fingerprint density at radius 1 is 1.39 bits per heavy atom. The molecular weight excluding hydrogens is 232 g/mol. The van der Waals surface area contributed by atoms with Crippen molar-refractivity contribution in [1.82, 2.24) is 9.97 Å². The predicted molar refractivity (Wildman–Crippen MR) is 72.0 cm³/mol. The highest BCUT2D eigenvalue weighted by Gasteiger charge is 2.19. The molecule has 2 N–H and O–H groups in total. The molecule has 1 rings (SSSR count). The van der Waals surface area contributed by atoms with Gasteiger partial charge in [0.25, 0.3) is 0 Å². The molecule has 0 bridgehead atoms. The van der Waals surface area contributed by atoms with E-state index >= 15 is 0 Å². The summed E-state index contributed by atoms with van der Waals surface area (Å²) in [6, 6.07) is 0.187. The van der Waals surface area contributed by atoms with Crippen LogP contribution in [0.2, 0.25) is 0 Å². The zero-order chi connectivity index (χ0) is 13.5. The van der Waals surface area contributed by atoms with Crippen molar-refractivity contribution in [3.8, 4) is 5.88 Å². The molecular formula is C12H22N4O2. The average Bonchev–Trinajstić information content (AvgIpc) is 2.35. The number of ether oxygens (including phenoxy) is 2. The molecule has 1 heterocycles. The molecule has 0 aliphatic carbocycles. The summed E-state index contributed by atoms with van der Waals surface area (Å²) in [5.41, 5.74) is 6.52. The Bertz CT molecular complexity index is 373. The van der Waals surface area contributed by atoms with Crippen LogP contribution in [0.15, 0.2) is 6.33 Å². The van der Waals surface area contributed by atoms with Crippen LogP contribution in [0, 0.1) is 0 Å². The quantitative estimate of drug-likeness (QED) is 0.791. The van der Waals surface area contributed by atoms with Gasteiger partial charge in [0.2, 0.25) is 5.88 Å². The molecule has 1 aromatic heterocycles. The van der Waals surface area contributed by atoms with Crippen LogP contribution in [0.4, 0.5) is 11.5 Å². The maximum atomic E-state index is 6.05. The van der Waals surface area contributed by atoms with E-state index in [-0.39, 0.29) is 6.04 Å². The first kappa shape index (κ1) is 14.5. The summed E-state index contributed by atoms with van der Waals surface area (Å²) < 4.78 is 10.5. The van der Waals surface area contributed by atoms with Crippen LogP contribution in [0.1, 0.15) is 20.8 Å². The van der Waals surface area contributed by atoms with Crippen molar-refractivity contribution in [2.75, 3.05) is 37.5 Å². The number of likely N-dealkylation sites (N-methyl/N-ethyl adjacent to an activating group) is 1. The number of aromatic nitrogens is 2. The van der Waals surface area contributed by atoms with Crippen molar-refractivity contribution >= 4 is 11.5 Å². The van der Waals surface area contributed by atoms with E-state index in [4.69, 9.17) is 15.2 Å². The summed E-state index contributed by atoms with van der Waals surface area (Å²) in [6.07, 6.45) is 1.47. The first-order valence-electron chi connectivity index (χ1n) is 6.14. The highest BCUT2D eigenvalue weighted by molar-refractivity contribution is 5.68. The van der Waals surface area contributed by atoms with Gasteiger partial charge in [0.05, 0.1) is 19.3 Å². The minimum atomic E-state index is 0.187. The van der Waals surface area contributed by atoms with Crippen LogP contribution in [0.25, 0.3) is 0 Å². The molecule has 1 atom stereocenters. The summed E-state index contributed by atoms with van der Waals surface area (Å²) in [7, 11) is 1.68. The Morgan fingerprint density at radius 3 is 2.67 bits per heavy atom. The van der Waals surface area contributed by atoms with Crippen molar-refractivity contribution in [3.05, 3.63) is 6.33 Å². The third-order valence-electron chi connectivity index (χ3n) is 2.66. The predicted octanol–water partition coefficient (Wildman–Crippen LogP) is 1.32. The minimum absolute atomic E-state index is 0.187. The van der Waals surface area contributed by atoms with Crippen LogP contribution in [0.5, 0.6) is 5.88 Å². The van der Waals surface area contributed by atoms with Gasteiger partial charge < -0.3 is 20.1 Å². The minimum Gasteiger partial charge on any atom is -0.476 e. The van der Waals surface area contributed by atoms with Crippen LogP contribution in [-0.4, -0.2) is 42.9 Å². The largest absolute Gasteiger partial charge is 0.476 e. The van der Waals surface area contributed by atoms with Gasteiger partial charge in [0, 0.05) is 13.7 Å². The average molecular weight is 254 g/mol. The van der Waals surface area contributed by atoms with Gasteiger partial charge in [-0.05, 0) is 20.8 Å². The van der Waals surface area contributed by atoms with Gasteiger partial charge in [-0.1, -0.05) is 0 Å². The molecule has 0 aliphatic heterocycles. The molecule has 0 saturated heterocycles. The Hall–Kier alpha value is -1.56. The monoisotopic (exact) mass is 254 g/mol. The van der Waals surface area contributed by atoms with Crippen LogP contribution < -0.4 is 15.4 Å². The molecule has 0 aliphatic rings. The van der Waals surface area contributed by atoms with Crippen molar-refractivity contribution in [1.29, 1.82) is 0 Å². The molecule has 6 heteroatoms. The molecule has 18 heavy (non-hydrogen) atoms. The van der Waals surface area contributed by atoms with Crippen LogP contribution in [-0.2, 0) is 4.74 Å². The number of nitrogens with two attached hydrogens (primary N) is 1. The lowest BCUT2D eigenvalue weighted by Crippen LogP contribution is -2.37. The summed E-state index contributed by atoms with van der Waals surface area (Å²) in [5.74, 6) is 1.13. The van der Waals surface area contributed by atoms with E-state index in [1.54, 1.807) is 7.11 Å². The normalized spacial score (nSPS) is 12.2. The van der Waals surface area contributed by atoms with E-state index in [1.165, 1.54) is 6.33 Å². The fourth-order valence-corrected chi connectivity index (χ4v) is 1.85. The number of hydrogen-bond acceptors (Lipinski definition) is 6. The summed E-state index contributed by atoms with van der Waals surface area (Å²) in [5, 5.41) is 0. The Labute approximate surface area is 108 Å². The number of rotatable bonds is 7. The fraction of sp³-hybridized carbons (Fsp3) is 0.667. The highest BCUT2D eigenvalue weighted by Crippen LogP contribution is 2.28. The second kappa shape index (κ2) is 7.00. The number of methoxy groups -OCH3 is 1. The molecule has 6 nitrogen and oxygen atoms in total. The van der Waals surface area contributed by atoms with Gasteiger partial charge >= 0.3 is 0 Å². The SMILES string of the molecule is CCOc1ncnc(N(CC)C(C)COC)c1N. The lowest BCUT2D eigenvalue weighted by Gasteiger charge is -2.29. The van der Waals surface area contributed by atoms with Gasteiger partial charge in [-0.15, -0.1) is 0 Å². The molecule has 0 radical (unpaired) electrons. The Balaban J connectivity index is 3.01.